The lowest BCUT2D eigenvalue weighted by Crippen LogP contribution is -2.48. The van der Waals surface area contributed by atoms with E-state index >= 15 is 0 Å². The third kappa shape index (κ3) is 4.72. The Labute approximate surface area is 184 Å². The summed E-state index contributed by atoms with van der Waals surface area (Å²) in [6.07, 6.45) is 4.66. The fourth-order valence-electron chi connectivity index (χ4n) is 4.94. The molecule has 0 radical (unpaired) electrons. The van der Waals surface area contributed by atoms with Gasteiger partial charge in [-0.05, 0) is 25.3 Å². The zero-order valence-corrected chi connectivity index (χ0v) is 19.0. The molecule has 0 bridgehead atoms. The number of fused-ring (bicyclic) bond motifs is 1. The molecule has 3 aliphatic rings. The third-order valence-corrected chi connectivity index (χ3v) is 8.23. The molecule has 9 heteroatoms. The van der Waals surface area contributed by atoms with Crippen LogP contribution in [0.5, 0.6) is 5.75 Å². The van der Waals surface area contributed by atoms with Gasteiger partial charge in [0.2, 0.25) is 21.8 Å². The van der Waals surface area contributed by atoms with E-state index in [-0.39, 0.29) is 23.8 Å². The minimum atomic E-state index is -3.22. The lowest BCUT2D eigenvalue weighted by atomic mass is 9.82. The molecule has 2 saturated heterocycles. The summed E-state index contributed by atoms with van der Waals surface area (Å²) in [6.45, 7) is 1.38. The van der Waals surface area contributed by atoms with Gasteiger partial charge < -0.3 is 15.0 Å². The molecule has 1 spiro atoms. The van der Waals surface area contributed by atoms with Crippen LogP contribution >= 0.6 is 0 Å². The Morgan fingerprint density at radius 3 is 2.58 bits per heavy atom. The van der Waals surface area contributed by atoms with Gasteiger partial charge in [0.05, 0.1) is 12.3 Å². The molecule has 31 heavy (non-hydrogen) atoms. The Kier molecular flexibility index (Phi) is 6.00. The van der Waals surface area contributed by atoms with Gasteiger partial charge in [0.25, 0.3) is 0 Å². The van der Waals surface area contributed by atoms with E-state index < -0.39 is 15.6 Å². The average molecular weight is 450 g/mol. The van der Waals surface area contributed by atoms with Crippen LogP contribution in [0, 0.1) is 5.92 Å². The van der Waals surface area contributed by atoms with Gasteiger partial charge in [-0.1, -0.05) is 18.2 Å². The largest absolute Gasteiger partial charge is 0.487 e. The molecule has 2 fully saturated rings. The molecular weight excluding hydrogens is 418 g/mol. The molecule has 0 saturated carbocycles. The highest BCUT2D eigenvalue weighted by Crippen LogP contribution is 2.44. The number of para-hydroxylation sites is 1. The monoisotopic (exact) mass is 449 g/mol. The highest BCUT2D eigenvalue weighted by atomic mass is 32.2. The molecule has 0 aromatic heterocycles. The van der Waals surface area contributed by atoms with Crippen LogP contribution in [0.3, 0.4) is 0 Å². The summed E-state index contributed by atoms with van der Waals surface area (Å²) in [5.41, 5.74) is 0.478. The summed E-state index contributed by atoms with van der Waals surface area (Å²) >= 11 is 0. The first-order valence-electron chi connectivity index (χ1n) is 10.9. The minimum Gasteiger partial charge on any atom is -0.487 e. The van der Waals surface area contributed by atoms with Gasteiger partial charge in [-0.2, -0.15) is 0 Å². The van der Waals surface area contributed by atoms with Crippen LogP contribution in [0.4, 0.5) is 0 Å². The summed E-state index contributed by atoms with van der Waals surface area (Å²) in [5.74, 6) is 0.651. The van der Waals surface area contributed by atoms with Gasteiger partial charge in [0.15, 0.2) is 0 Å². The maximum atomic E-state index is 13.1. The maximum absolute atomic E-state index is 13.1. The molecule has 3 aliphatic heterocycles. The highest BCUT2D eigenvalue weighted by Gasteiger charge is 2.44. The summed E-state index contributed by atoms with van der Waals surface area (Å²) in [5, 5.41) is 3.23. The van der Waals surface area contributed by atoms with Gasteiger partial charge in [0.1, 0.15) is 11.4 Å². The highest BCUT2D eigenvalue weighted by molar-refractivity contribution is 7.88. The van der Waals surface area contributed by atoms with E-state index in [0.717, 1.165) is 17.7 Å². The Hall–Kier alpha value is -2.13. The lowest BCUT2D eigenvalue weighted by Gasteiger charge is -2.42. The van der Waals surface area contributed by atoms with Crippen molar-refractivity contribution in [2.45, 2.75) is 50.2 Å². The van der Waals surface area contributed by atoms with E-state index in [4.69, 9.17) is 4.74 Å². The number of hydrogen-bond donors (Lipinski definition) is 1. The maximum Gasteiger partial charge on any atom is 0.223 e. The number of ether oxygens (including phenoxy) is 1. The number of amides is 2. The van der Waals surface area contributed by atoms with E-state index in [9.17, 15) is 18.0 Å². The van der Waals surface area contributed by atoms with Crippen molar-refractivity contribution in [1.29, 1.82) is 0 Å². The fraction of sp³-hybridized carbons (Fsp3) is 0.636. The first-order chi connectivity index (χ1) is 14.7. The summed E-state index contributed by atoms with van der Waals surface area (Å²) in [6, 6.07) is 7.58. The second-order valence-corrected chi connectivity index (χ2v) is 11.1. The van der Waals surface area contributed by atoms with E-state index in [1.165, 1.54) is 10.6 Å². The van der Waals surface area contributed by atoms with Gasteiger partial charge in [-0.25, -0.2) is 12.7 Å². The topological polar surface area (TPSA) is 96.0 Å². The predicted molar refractivity (Wildman–Crippen MR) is 116 cm³/mol. The van der Waals surface area contributed by atoms with E-state index in [1.54, 1.807) is 4.90 Å². The SMILES string of the molecule is CN1CC[C@]2(CCC1=O)C[C@H](NC(=O)C1CCN(S(C)(=O)=O)CC1)c1ccccc1O2. The summed E-state index contributed by atoms with van der Waals surface area (Å²) < 4.78 is 31.4. The summed E-state index contributed by atoms with van der Waals surface area (Å²) in [4.78, 5) is 27.0. The van der Waals surface area contributed by atoms with Crippen LogP contribution in [0.2, 0.25) is 0 Å². The zero-order valence-electron chi connectivity index (χ0n) is 18.2. The second kappa shape index (κ2) is 8.43. The second-order valence-electron chi connectivity index (χ2n) is 9.09. The molecule has 4 rings (SSSR count). The number of hydrogen-bond acceptors (Lipinski definition) is 5. The van der Waals surface area contributed by atoms with Crippen molar-refractivity contribution in [2.75, 3.05) is 32.9 Å². The Morgan fingerprint density at radius 1 is 1.16 bits per heavy atom. The Balaban J connectivity index is 1.49. The van der Waals surface area contributed by atoms with Gasteiger partial charge >= 0.3 is 0 Å². The lowest BCUT2D eigenvalue weighted by molar-refractivity contribution is -0.130. The number of piperidine rings is 1. The first-order valence-corrected chi connectivity index (χ1v) is 12.8. The number of sulfonamides is 1. The predicted octanol–water partition coefficient (Wildman–Crippen LogP) is 1.68. The molecule has 0 unspecified atom stereocenters. The molecule has 1 N–H and O–H groups in total. The summed E-state index contributed by atoms with van der Waals surface area (Å²) in [7, 11) is -1.40. The zero-order chi connectivity index (χ0) is 22.2. The van der Waals surface area contributed by atoms with Gasteiger partial charge in [0, 0.05) is 57.4 Å². The van der Waals surface area contributed by atoms with Crippen LogP contribution in [0.15, 0.2) is 24.3 Å². The molecule has 0 aliphatic carbocycles. The molecule has 8 nitrogen and oxygen atoms in total. The Bertz CT molecular complexity index is 958. The number of likely N-dealkylation sites (tertiary alicyclic amines) is 1. The number of nitrogens with zero attached hydrogens (tertiary/aromatic N) is 2. The van der Waals surface area contributed by atoms with Crippen molar-refractivity contribution < 1.29 is 22.7 Å². The van der Waals surface area contributed by atoms with Crippen molar-refractivity contribution in [3.63, 3.8) is 0 Å². The number of benzene rings is 1. The molecule has 170 valence electrons. The van der Waals surface area contributed by atoms with Crippen LogP contribution in [-0.4, -0.2) is 68.0 Å². The molecule has 2 amide bonds. The van der Waals surface area contributed by atoms with Crippen LogP contribution in [-0.2, 0) is 19.6 Å². The number of rotatable bonds is 3. The average Bonchev–Trinajstić information content (AvgIpc) is 2.87. The number of nitrogens with one attached hydrogen (secondary N) is 1. The van der Waals surface area contributed by atoms with Crippen molar-refractivity contribution in [2.24, 2.45) is 5.92 Å². The smallest absolute Gasteiger partial charge is 0.223 e. The standard InChI is InChI=1S/C22H31N3O5S/c1-24-14-11-22(10-7-20(24)26)15-18(17-5-3-4-6-19(17)30-22)23-21(27)16-8-12-25(13-9-16)31(2,28)29/h3-6,16,18H,7-15H2,1-2H3,(H,23,27)/t18-,22+/m0/s1. The van der Waals surface area contributed by atoms with E-state index in [1.807, 2.05) is 31.3 Å². The van der Waals surface area contributed by atoms with Crippen molar-refractivity contribution in [3.8, 4) is 5.75 Å². The van der Waals surface area contributed by atoms with Crippen LogP contribution in [0.1, 0.15) is 50.1 Å². The van der Waals surface area contributed by atoms with Crippen molar-refractivity contribution in [1.82, 2.24) is 14.5 Å². The van der Waals surface area contributed by atoms with E-state index in [2.05, 4.69) is 5.32 Å². The minimum absolute atomic E-state index is 0.0354. The molecule has 1 aromatic carbocycles. The van der Waals surface area contributed by atoms with Crippen LogP contribution < -0.4 is 10.1 Å². The quantitative estimate of drug-likeness (QED) is 0.758. The Morgan fingerprint density at radius 2 is 1.87 bits per heavy atom. The fourth-order valence-corrected chi connectivity index (χ4v) is 5.81. The van der Waals surface area contributed by atoms with Crippen molar-refractivity contribution in [3.05, 3.63) is 29.8 Å². The van der Waals surface area contributed by atoms with Crippen molar-refractivity contribution >= 4 is 21.8 Å². The molecule has 2 atom stereocenters. The van der Waals surface area contributed by atoms with Crippen LogP contribution in [0.25, 0.3) is 0 Å². The number of carbonyl (C=O) groups excluding carboxylic acids is 2. The normalized spacial score (nSPS) is 28.0. The molecular formula is C22H31N3O5S. The first kappa shape index (κ1) is 22.1. The molecule has 1 aromatic rings. The van der Waals surface area contributed by atoms with E-state index in [0.29, 0.717) is 51.7 Å². The van der Waals surface area contributed by atoms with Gasteiger partial charge in [-0.15, -0.1) is 0 Å². The van der Waals surface area contributed by atoms with Gasteiger partial charge in [-0.3, -0.25) is 9.59 Å². The molecule has 3 heterocycles. The number of carbonyl (C=O) groups is 2. The third-order valence-electron chi connectivity index (χ3n) is 6.93.